The minimum atomic E-state index is -0.769. The molecule has 182 valence electrons. The largest absolute Gasteiger partial charge is 0.494 e. The van der Waals surface area contributed by atoms with Crippen molar-refractivity contribution in [2.75, 3.05) is 13.2 Å². The Hall–Kier alpha value is -4.04. The Kier molecular flexibility index (Phi) is 7.52. The van der Waals surface area contributed by atoms with Gasteiger partial charge < -0.3 is 19.7 Å². The van der Waals surface area contributed by atoms with Crippen LogP contribution in [0.3, 0.4) is 0 Å². The maximum atomic E-state index is 11.6. The monoisotopic (exact) mass is 475 g/mol. The summed E-state index contributed by atoms with van der Waals surface area (Å²) in [5.74, 6) is 0.787. The molecule has 3 aromatic carbocycles. The van der Waals surface area contributed by atoms with Crippen molar-refractivity contribution in [1.29, 1.82) is 0 Å². The number of hydrogen-bond donors (Lipinski definition) is 2. The molecule has 1 aromatic heterocycles. The van der Waals surface area contributed by atoms with Crippen LogP contribution in [0.4, 0.5) is 0 Å². The number of nitrogens with one attached hydrogen (secondary N) is 1. The molecule has 8 nitrogen and oxygen atoms in total. The van der Waals surface area contributed by atoms with Gasteiger partial charge in [-0.1, -0.05) is 36.4 Å². The van der Waals surface area contributed by atoms with Gasteiger partial charge in [-0.3, -0.25) is 0 Å². The van der Waals surface area contributed by atoms with Gasteiger partial charge in [-0.25, -0.2) is 14.6 Å². The van der Waals surface area contributed by atoms with Crippen LogP contribution in [0.15, 0.2) is 74.8 Å². The number of H-pyrrole nitrogens is 1. The molecule has 0 atom stereocenters. The van der Waals surface area contributed by atoms with Gasteiger partial charge in [0.25, 0.3) is 0 Å². The van der Waals surface area contributed by atoms with E-state index in [1.165, 1.54) is 0 Å². The first-order valence-electron chi connectivity index (χ1n) is 11.5. The lowest BCUT2D eigenvalue weighted by molar-refractivity contribution is 0.258. The SMILES string of the molecule is Cc1cc(OCCCN)ccc1-c1cccc(COc2ccc(Cn3oc(=O)[nH]c3=O)cc2)c1C. The van der Waals surface area contributed by atoms with Crippen molar-refractivity contribution in [3.05, 3.63) is 104 Å². The second-order valence-electron chi connectivity index (χ2n) is 8.34. The second-order valence-corrected chi connectivity index (χ2v) is 8.34. The molecule has 0 aliphatic rings. The van der Waals surface area contributed by atoms with Gasteiger partial charge in [-0.2, -0.15) is 0 Å². The Morgan fingerprint density at radius 3 is 2.40 bits per heavy atom. The number of benzene rings is 3. The number of nitrogens with zero attached hydrogens (tertiary/aromatic N) is 1. The van der Waals surface area contributed by atoms with Crippen LogP contribution in [0.1, 0.15) is 28.7 Å². The quantitative estimate of drug-likeness (QED) is 0.338. The van der Waals surface area contributed by atoms with Crippen molar-refractivity contribution in [1.82, 2.24) is 9.72 Å². The Morgan fingerprint density at radius 2 is 1.71 bits per heavy atom. The maximum absolute atomic E-state index is 11.6. The number of ether oxygens (including phenoxy) is 2. The van der Waals surface area contributed by atoms with E-state index in [0.29, 0.717) is 25.5 Å². The zero-order valence-corrected chi connectivity index (χ0v) is 19.9. The molecule has 35 heavy (non-hydrogen) atoms. The first-order valence-corrected chi connectivity index (χ1v) is 11.5. The fourth-order valence-corrected chi connectivity index (χ4v) is 3.87. The van der Waals surface area contributed by atoms with Crippen molar-refractivity contribution >= 4 is 0 Å². The van der Waals surface area contributed by atoms with Crippen molar-refractivity contribution in [2.24, 2.45) is 5.73 Å². The molecule has 3 N–H and O–H groups in total. The summed E-state index contributed by atoms with van der Waals surface area (Å²) in [4.78, 5) is 24.8. The highest BCUT2D eigenvalue weighted by Crippen LogP contribution is 2.31. The van der Waals surface area contributed by atoms with Gasteiger partial charge in [-0.15, -0.1) is 4.74 Å². The number of aromatic amines is 1. The maximum Gasteiger partial charge on any atom is 0.440 e. The smallest absolute Gasteiger partial charge is 0.440 e. The van der Waals surface area contributed by atoms with Gasteiger partial charge in [0.2, 0.25) is 0 Å². The van der Waals surface area contributed by atoms with E-state index in [4.69, 9.17) is 19.7 Å². The molecule has 8 heteroatoms. The Labute approximate surface area is 202 Å². The molecule has 4 rings (SSSR count). The van der Waals surface area contributed by atoms with Gasteiger partial charge in [-0.05, 0) is 84.5 Å². The zero-order chi connectivity index (χ0) is 24.8. The van der Waals surface area contributed by atoms with Crippen LogP contribution in [-0.4, -0.2) is 22.9 Å². The predicted octanol–water partition coefficient (Wildman–Crippen LogP) is 3.77. The summed E-state index contributed by atoms with van der Waals surface area (Å²) in [5.41, 5.74) is 11.5. The molecule has 0 bridgehead atoms. The van der Waals surface area contributed by atoms with Crippen LogP contribution < -0.4 is 26.7 Å². The highest BCUT2D eigenvalue weighted by Gasteiger charge is 2.11. The number of aromatic nitrogens is 2. The average Bonchev–Trinajstić information content (AvgIpc) is 3.16. The van der Waals surface area contributed by atoms with Crippen LogP contribution in [0, 0.1) is 13.8 Å². The predicted molar refractivity (Wildman–Crippen MR) is 134 cm³/mol. The summed E-state index contributed by atoms with van der Waals surface area (Å²) in [6.45, 7) is 6.00. The number of nitrogens with two attached hydrogens (primary N) is 1. The minimum absolute atomic E-state index is 0.162. The Morgan fingerprint density at radius 1 is 0.943 bits per heavy atom. The van der Waals surface area contributed by atoms with Gasteiger partial charge in [0.1, 0.15) is 18.1 Å². The molecule has 1 heterocycles. The standard InChI is InChI=1S/C27H29N3O5/c1-18-15-23(33-14-4-13-28)11-12-24(18)25-6-3-5-21(19(25)2)17-34-22-9-7-20(8-10-22)16-30-26(31)29-27(32)35-30/h3,5-12,15H,4,13-14,16-17,28H2,1-2H3,(H,29,31,32). The van der Waals surface area contributed by atoms with E-state index < -0.39 is 11.4 Å². The van der Waals surface area contributed by atoms with Crippen molar-refractivity contribution in [2.45, 2.75) is 33.4 Å². The van der Waals surface area contributed by atoms with Gasteiger partial charge in [0.15, 0.2) is 0 Å². The highest BCUT2D eigenvalue weighted by molar-refractivity contribution is 5.72. The molecule has 0 aliphatic carbocycles. The fraction of sp³-hybridized carbons (Fsp3) is 0.259. The van der Waals surface area contributed by atoms with Gasteiger partial charge in [0, 0.05) is 0 Å². The molecule has 0 spiro atoms. The summed E-state index contributed by atoms with van der Waals surface area (Å²) >= 11 is 0. The number of hydrogen-bond acceptors (Lipinski definition) is 6. The third kappa shape index (κ3) is 5.91. The molecule has 0 amide bonds. The first kappa shape index (κ1) is 24.1. The molecular weight excluding hydrogens is 446 g/mol. The summed E-state index contributed by atoms with van der Waals surface area (Å²) in [6, 6.07) is 19.7. The number of rotatable bonds is 10. The Bertz CT molecular complexity index is 1400. The summed E-state index contributed by atoms with van der Waals surface area (Å²) in [6.07, 6.45) is 0.829. The van der Waals surface area contributed by atoms with Crippen molar-refractivity contribution < 1.29 is 14.0 Å². The van der Waals surface area contributed by atoms with E-state index in [-0.39, 0.29) is 6.54 Å². The van der Waals surface area contributed by atoms with E-state index in [9.17, 15) is 9.59 Å². The molecule has 0 saturated carbocycles. The first-order chi connectivity index (χ1) is 16.9. The van der Waals surface area contributed by atoms with E-state index in [1.807, 2.05) is 36.4 Å². The van der Waals surface area contributed by atoms with Crippen LogP contribution in [0.25, 0.3) is 11.1 Å². The van der Waals surface area contributed by atoms with Crippen LogP contribution in [-0.2, 0) is 13.2 Å². The summed E-state index contributed by atoms with van der Waals surface area (Å²) in [7, 11) is 0. The highest BCUT2D eigenvalue weighted by atomic mass is 16.5. The lowest BCUT2D eigenvalue weighted by Crippen LogP contribution is -2.17. The number of aryl methyl sites for hydroxylation is 1. The molecule has 0 unspecified atom stereocenters. The zero-order valence-electron chi connectivity index (χ0n) is 19.9. The van der Waals surface area contributed by atoms with Crippen molar-refractivity contribution in [3.8, 4) is 22.6 Å². The van der Waals surface area contributed by atoms with E-state index in [1.54, 1.807) is 0 Å². The minimum Gasteiger partial charge on any atom is -0.494 e. The third-order valence-corrected chi connectivity index (χ3v) is 5.82. The molecule has 0 fully saturated rings. The normalized spacial score (nSPS) is 10.9. The topological polar surface area (TPSA) is 112 Å². The fourth-order valence-electron chi connectivity index (χ4n) is 3.87. The molecule has 0 saturated heterocycles. The summed E-state index contributed by atoms with van der Waals surface area (Å²) in [5, 5.41) is 0. The lowest BCUT2D eigenvalue weighted by Gasteiger charge is -2.15. The van der Waals surface area contributed by atoms with E-state index in [2.05, 4.69) is 43.1 Å². The van der Waals surface area contributed by atoms with Crippen molar-refractivity contribution in [3.63, 3.8) is 0 Å². The summed E-state index contributed by atoms with van der Waals surface area (Å²) < 4.78 is 17.6. The molecule has 0 aliphatic heterocycles. The molecule has 0 radical (unpaired) electrons. The molecule has 4 aromatic rings. The van der Waals surface area contributed by atoms with Crippen LogP contribution in [0.2, 0.25) is 0 Å². The van der Waals surface area contributed by atoms with Gasteiger partial charge in [0.05, 0.1) is 13.2 Å². The van der Waals surface area contributed by atoms with E-state index in [0.717, 1.165) is 50.3 Å². The second kappa shape index (κ2) is 10.9. The third-order valence-electron chi connectivity index (χ3n) is 5.82. The average molecular weight is 476 g/mol. The molecular formula is C27H29N3O5. The lowest BCUT2D eigenvalue weighted by atomic mass is 9.94. The Balaban J connectivity index is 1.43. The van der Waals surface area contributed by atoms with Crippen LogP contribution in [0.5, 0.6) is 11.5 Å². The van der Waals surface area contributed by atoms with Crippen LogP contribution >= 0.6 is 0 Å². The van der Waals surface area contributed by atoms with Gasteiger partial charge >= 0.3 is 11.4 Å². The van der Waals surface area contributed by atoms with E-state index >= 15 is 0 Å².